The Morgan fingerprint density at radius 1 is 1.56 bits per heavy atom. The van der Waals surface area contributed by atoms with Gasteiger partial charge in [0.25, 0.3) is 0 Å². The summed E-state index contributed by atoms with van der Waals surface area (Å²) in [4.78, 5) is 15.4. The number of nitrogen functional groups attached to an aromatic ring is 1. The summed E-state index contributed by atoms with van der Waals surface area (Å²) in [6.45, 7) is 2.35. The zero-order valence-corrected chi connectivity index (χ0v) is 11.3. The topological polar surface area (TPSA) is 94.3 Å². The van der Waals surface area contributed by atoms with Crippen LogP contribution in [0.25, 0.3) is 0 Å². The summed E-state index contributed by atoms with van der Waals surface area (Å²) in [5, 5.41) is 2.96. The smallest absolute Gasteiger partial charge is 0.356 e. The second kappa shape index (κ2) is 6.95. The van der Waals surface area contributed by atoms with Crippen molar-refractivity contribution < 1.29 is 13.7 Å². The summed E-state index contributed by atoms with van der Waals surface area (Å²) in [5.41, 5.74) is 6.35. The second-order valence-corrected chi connectivity index (χ2v) is 5.35. The molecule has 1 unspecified atom stereocenters. The van der Waals surface area contributed by atoms with Gasteiger partial charge in [0.15, 0.2) is 5.69 Å². The third-order valence-corrected chi connectivity index (χ3v) is 3.57. The molecule has 0 amide bonds. The van der Waals surface area contributed by atoms with Crippen LogP contribution in [0, 0.1) is 0 Å². The number of nitrogens with zero attached hydrogens (tertiary/aromatic N) is 1. The van der Waals surface area contributed by atoms with Crippen molar-refractivity contribution >= 4 is 28.3 Å². The van der Waals surface area contributed by atoms with Gasteiger partial charge in [-0.05, 0) is 12.1 Å². The minimum atomic E-state index is -0.846. The number of anilines is 2. The van der Waals surface area contributed by atoms with Crippen LogP contribution in [0.5, 0.6) is 0 Å². The van der Waals surface area contributed by atoms with E-state index in [-0.39, 0.29) is 5.69 Å². The molecule has 1 aromatic heterocycles. The SMILES string of the molecule is CCS(=O)CCNc1nc(C(=O)OC)ccc1N. The van der Waals surface area contributed by atoms with E-state index in [4.69, 9.17) is 5.73 Å². The molecule has 1 aromatic rings. The van der Waals surface area contributed by atoms with Crippen molar-refractivity contribution in [3.8, 4) is 0 Å². The van der Waals surface area contributed by atoms with E-state index in [0.29, 0.717) is 29.6 Å². The molecular formula is C11H17N3O3S. The first-order valence-electron chi connectivity index (χ1n) is 5.52. The number of methoxy groups -OCH3 is 1. The Morgan fingerprint density at radius 2 is 2.28 bits per heavy atom. The van der Waals surface area contributed by atoms with Crippen LogP contribution in [0.2, 0.25) is 0 Å². The van der Waals surface area contributed by atoms with E-state index in [1.54, 1.807) is 6.07 Å². The lowest BCUT2D eigenvalue weighted by atomic mass is 10.3. The Bertz CT molecular complexity index is 451. The molecule has 100 valence electrons. The van der Waals surface area contributed by atoms with Crippen LogP contribution in [0.3, 0.4) is 0 Å². The average molecular weight is 271 g/mol. The Labute approximate surface area is 108 Å². The molecule has 0 radical (unpaired) electrons. The molecule has 0 aliphatic carbocycles. The summed E-state index contributed by atoms with van der Waals surface area (Å²) in [6.07, 6.45) is 0. The van der Waals surface area contributed by atoms with Gasteiger partial charge < -0.3 is 15.8 Å². The highest BCUT2D eigenvalue weighted by Crippen LogP contribution is 2.15. The Balaban J connectivity index is 2.69. The fourth-order valence-electron chi connectivity index (χ4n) is 1.26. The minimum Gasteiger partial charge on any atom is -0.464 e. The fourth-order valence-corrected chi connectivity index (χ4v) is 1.88. The van der Waals surface area contributed by atoms with Crippen molar-refractivity contribution in [1.82, 2.24) is 4.98 Å². The number of carbonyl (C=O) groups is 1. The maximum atomic E-state index is 11.3. The number of esters is 1. The zero-order valence-electron chi connectivity index (χ0n) is 10.4. The third-order valence-electron chi connectivity index (χ3n) is 2.27. The fraction of sp³-hybridized carbons (Fsp3) is 0.455. The molecule has 0 saturated carbocycles. The standard InChI is InChI=1S/C11H17N3O3S/c1-3-18(16)7-6-13-10-8(12)4-5-9(14-10)11(15)17-2/h4-5H,3,6-7,12H2,1-2H3,(H,13,14). The number of pyridine rings is 1. The zero-order chi connectivity index (χ0) is 13.5. The van der Waals surface area contributed by atoms with Crippen molar-refractivity contribution in [2.45, 2.75) is 6.92 Å². The lowest BCUT2D eigenvalue weighted by Gasteiger charge is -2.09. The van der Waals surface area contributed by atoms with Gasteiger partial charge in [0.1, 0.15) is 5.82 Å². The van der Waals surface area contributed by atoms with Gasteiger partial charge >= 0.3 is 5.97 Å². The van der Waals surface area contributed by atoms with Crippen molar-refractivity contribution in [3.05, 3.63) is 17.8 Å². The largest absolute Gasteiger partial charge is 0.464 e. The molecule has 1 atom stereocenters. The van der Waals surface area contributed by atoms with Crippen molar-refractivity contribution in [1.29, 1.82) is 0 Å². The van der Waals surface area contributed by atoms with Gasteiger partial charge in [-0.1, -0.05) is 6.92 Å². The predicted molar refractivity (Wildman–Crippen MR) is 72.0 cm³/mol. The van der Waals surface area contributed by atoms with Crippen LogP contribution in [0.15, 0.2) is 12.1 Å². The van der Waals surface area contributed by atoms with E-state index in [2.05, 4.69) is 15.0 Å². The average Bonchev–Trinajstić information content (AvgIpc) is 2.39. The van der Waals surface area contributed by atoms with Gasteiger partial charge in [0.05, 0.1) is 12.8 Å². The second-order valence-electron chi connectivity index (χ2n) is 3.49. The van der Waals surface area contributed by atoms with E-state index < -0.39 is 16.8 Å². The van der Waals surface area contributed by atoms with E-state index in [9.17, 15) is 9.00 Å². The predicted octanol–water partition coefficient (Wildman–Crippen LogP) is 0.631. The van der Waals surface area contributed by atoms with Crippen LogP contribution in [-0.2, 0) is 15.5 Å². The van der Waals surface area contributed by atoms with Gasteiger partial charge in [-0.25, -0.2) is 9.78 Å². The molecule has 3 N–H and O–H groups in total. The Morgan fingerprint density at radius 3 is 2.89 bits per heavy atom. The highest BCUT2D eigenvalue weighted by Gasteiger charge is 2.10. The molecule has 0 spiro atoms. The maximum absolute atomic E-state index is 11.3. The summed E-state index contributed by atoms with van der Waals surface area (Å²) >= 11 is 0. The number of aromatic nitrogens is 1. The first kappa shape index (κ1) is 14.4. The van der Waals surface area contributed by atoms with Crippen LogP contribution in [-0.4, -0.2) is 40.3 Å². The molecule has 0 bridgehead atoms. The normalized spacial score (nSPS) is 11.9. The lowest BCUT2D eigenvalue weighted by molar-refractivity contribution is 0.0594. The van der Waals surface area contributed by atoms with Crippen molar-refractivity contribution in [2.24, 2.45) is 0 Å². The highest BCUT2D eigenvalue weighted by molar-refractivity contribution is 7.84. The summed E-state index contributed by atoms with van der Waals surface area (Å²) in [5.74, 6) is 1.02. The molecule has 0 saturated heterocycles. The van der Waals surface area contributed by atoms with Gasteiger partial charge in [-0.2, -0.15) is 0 Å². The lowest BCUT2D eigenvalue weighted by Crippen LogP contribution is -2.15. The molecule has 18 heavy (non-hydrogen) atoms. The van der Waals surface area contributed by atoms with Gasteiger partial charge in [-0.3, -0.25) is 4.21 Å². The first-order chi connectivity index (χ1) is 8.58. The first-order valence-corrected chi connectivity index (χ1v) is 7.01. The van der Waals surface area contributed by atoms with E-state index in [1.165, 1.54) is 13.2 Å². The Kier molecular flexibility index (Phi) is 5.57. The van der Waals surface area contributed by atoms with E-state index in [0.717, 1.165) is 0 Å². The quantitative estimate of drug-likeness (QED) is 0.737. The van der Waals surface area contributed by atoms with Crippen LogP contribution >= 0.6 is 0 Å². The maximum Gasteiger partial charge on any atom is 0.356 e. The summed E-state index contributed by atoms with van der Waals surface area (Å²) in [7, 11) is 0.444. The third kappa shape index (κ3) is 3.99. The molecule has 0 aromatic carbocycles. The van der Waals surface area contributed by atoms with Gasteiger partial charge in [0, 0.05) is 28.9 Å². The number of rotatable bonds is 6. The number of carbonyl (C=O) groups excluding carboxylic acids is 1. The molecule has 1 rings (SSSR count). The monoisotopic (exact) mass is 271 g/mol. The van der Waals surface area contributed by atoms with Crippen molar-refractivity contribution in [2.75, 3.05) is 36.2 Å². The molecular weight excluding hydrogens is 254 g/mol. The van der Waals surface area contributed by atoms with Gasteiger partial charge in [-0.15, -0.1) is 0 Å². The number of nitrogens with one attached hydrogen (secondary N) is 1. The molecule has 1 heterocycles. The van der Waals surface area contributed by atoms with Crippen LogP contribution in [0.1, 0.15) is 17.4 Å². The highest BCUT2D eigenvalue weighted by atomic mass is 32.2. The minimum absolute atomic E-state index is 0.186. The van der Waals surface area contributed by atoms with E-state index in [1.807, 2.05) is 6.92 Å². The molecule has 0 aliphatic heterocycles. The number of hydrogen-bond acceptors (Lipinski definition) is 6. The number of ether oxygens (including phenoxy) is 1. The summed E-state index contributed by atoms with van der Waals surface area (Å²) < 4.78 is 15.8. The molecule has 0 fully saturated rings. The number of hydrogen-bond donors (Lipinski definition) is 2. The summed E-state index contributed by atoms with van der Waals surface area (Å²) in [6, 6.07) is 3.08. The molecule has 6 nitrogen and oxygen atoms in total. The Hall–Kier alpha value is -1.63. The van der Waals surface area contributed by atoms with E-state index >= 15 is 0 Å². The van der Waals surface area contributed by atoms with Gasteiger partial charge in [0.2, 0.25) is 0 Å². The van der Waals surface area contributed by atoms with Crippen LogP contribution < -0.4 is 11.1 Å². The number of nitrogens with two attached hydrogens (primary N) is 1. The van der Waals surface area contributed by atoms with Crippen molar-refractivity contribution in [3.63, 3.8) is 0 Å². The van der Waals surface area contributed by atoms with Crippen LogP contribution in [0.4, 0.5) is 11.5 Å². The molecule has 7 heteroatoms. The molecule has 0 aliphatic rings.